The summed E-state index contributed by atoms with van der Waals surface area (Å²) in [6, 6.07) is 0. The Kier molecular flexibility index (Phi) is 1.76. The molecule has 2 aliphatic carbocycles. The van der Waals surface area contributed by atoms with E-state index < -0.39 is 0 Å². The van der Waals surface area contributed by atoms with Crippen molar-refractivity contribution in [3.05, 3.63) is 11.1 Å². The maximum Gasteiger partial charge on any atom is 0.0753 e. The van der Waals surface area contributed by atoms with Crippen LogP contribution in [0.25, 0.3) is 0 Å². The molecule has 2 aliphatic rings. The second-order valence-electron chi connectivity index (χ2n) is 3.90. The van der Waals surface area contributed by atoms with Gasteiger partial charge in [0.05, 0.1) is 6.10 Å². The number of rotatable bonds is 0. The maximum atomic E-state index is 9.64. The van der Waals surface area contributed by atoms with E-state index >= 15 is 0 Å². The van der Waals surface area contributed by atoms with Crippen LogP contribution in [0.15, 0.2) is 11.1 Å². The third-order valence-electron chi connectivity index (χ3n) is 3.17. The lowest BCUT2D eigenvalue weighted by atomic mass is 9.84. The first-order chi connectivity index (χ1) is 5.29. The SMILES string of the molecule is CC1CCC(O)C2=C1CCC2. The molecule has 0 heterocycles. The van der Waals surface area contributed by atoms with Crippen LogP contribution >= 0.6 is 0 Å². The smallest absolute Gasteiger partial charge is 0.0753 e. The largest absolute Gasteiger partial charge is 0.389 e. The molecule has 0 saturated heterocycles. The van der Waals surface area contributed by atoms with Gasteiger partial charge >= 0.3 is 0 Å². The fraction of sp³-hybridized carbons (Fsp3) is 0.800. The summed E-state index contributed by atoms with van der Waals surface area (Å²) in [4.78, 5) is 0. The highest BCUT2D eigenvalue weighted by Crippen LogP contribution is 2.40. The van der Waals surface area contributed by atoms with E-state index in [-0.39, 0.29) is 6.10 Å². The molecular formula is C10H16O. The second-order valence-corrected chi connectivity index (χ2v) is 3.90. The van der Waals surface area contributed by atoms with E-state index in [0.29, 0.717) is 0 Å². The summed E-state index contributed by atoms with van der Waals surface area (Å²) in [5.74, 6) is 0.760. The van der Waals surface area contributed by atoms with Crippen molar-refractivity contribution in [1.82, 2.24) is 0 Å². The van der Waals surface area contributed by atoms with Crippen molar-refractivity contribution in [2.75, 3.05) is 0 Å². The average Bonchev–Trinajstić information content (AvgIpc) is 2.45. The van der Waals surface area contributed by atoms with Crippen LogP contribution in [-0.4, -0.2) is 11.2 Å². The lowest BCUT2D eigenvalue weighted by Crippen LogP contribution is -2.19. The summed E-state index contributed by atoms with van der Waals surface area (Å²) in [5.41, 5.74) is 2.98. The van der Waals surface area contributed by atoms with Gasteiger partial charge < -0.3 is 5.11 Å². The molecule has 0 fully saturated rings. The van der Waals surface area contributed by atoms with Gasteiger partial charge in [-0.1, -0.05) is 12.5 Å². The first-order valence-electron chi connectivity index (χ1n) is 4.69. The molecule has 0 saturated carbocycles. The van der Waals surface area contributed by atoms with Gasteiger partial charge in [-0.3, -0.25) is 0 Å². The van der Waals surface area contributed by atoms with Crippen LogP contribution in [0.4, 0.5) is 0 Å². The number of allylic oxidation sites excluding steroid dienone is 1. The van der Waals surface area contributed by atoms with Gasteiger partial charge in [0.1, 0.15) is 0 Å². The van der Waals surface area contributed by atoms with E-state index in [1.165, 1.54) is 31.3 Å². The van der Waals surface area contributed by atoms with E-state index in [9.17, 15) is 5.11 Å². The van der Waals surface area contributed by atoms with Crippen LogP contribution in [0.1, 0.15) is 39.0 Å². The third kappa shape index (κ3) is 1.12. The second kappa shape index (κ2) is 2.63. The van der Waals surface area contributed by atoms with Crippen LogP contribution < -0.4 is 0 Å². The molecular weight excluding hydrogens is 136 g/mol. The number of hydrogen-bond donors (Lipinski definition) is 1. The molecule has 0 amide bonds. The number of aliphatic hydroxyl groups is 1. The van der Waals surface area contributed by atoms with Gasteiger partial charge in [0.15, 0.2) is 0 Å². The molecule has 1 heteroatoms. The molecule has 0 aliphatic heterocycles. The van der Waals surface area contributed by atoms with E-state index in [4.69, 9.17) is 0 Å². The Morgan fingerprint density at radius 2 is 1.91 bits per heavy atom. The molecule has 2 atom stereocenters. The summed E-state index contributed by atoms with van der Waals surface area (Å²) >= 11 is 0. The first kappa shape index (κ1) is 7.35. The van der Waals surface area contributed by atoms with Crippen LogP contribution in [0.5, 0.6) is 0 Å². The Labute approximate surface area is 68.1 Å². The molecule has 1 N–H and O–H groups in total. The summed E-state index contributed by atoms with van der Waals surface area (Å²) in [6.45, 7) is 2.30. The van der Waals surface area contributed by atoms with Crippen LogP contribution in [0, 0.1) is 5.92 Å². The van der Waals surface area contributed by atoms with Gasteiger partial charge in [0.25, 0.3) is 0 Å². The van der Waals surface area contributed by atoms with Crippen molar-refractivity contribution in [2.45, 2.75) is 45.1 Å². The van der Waals surface area contributed by atoms with Crippen molar-refractivity contribution in [2.24, 2.45) is 5.92 Å². The zero-order valence-electron chi connectivity index (χ0n) is 7.14. The highest BCUT2D eigenvalue weighted by atomic mass is 16.3. The van der Waals surface area contributed by atoms with Crippen molar-refractivity contribution in [3.8, 4) is 0 Å². The lowest BCUT2D eigenvalue weighted by molar-refractivity contribution is 0.179. The molecule has 0 aromatic rings. The standard InChI is InChI=1S/C10H16O/c1-7-5-6-10(11)9-4-2-3-8(7)9/h7,10-11H,2-6H2,1H3. The Bertz CT molecular complexity index is 173. The molecule has 0 spiro atoms. The summed E-state index contributed by atoms with van der Waals surface area (Å²) in [6.07, 6.45) is 5.82. The monoisotopic (exact) mass is 152 g/mol. The molecule has 1 nitrogen and oxygen atoms in total. The highest BCUT2D eigenvalue weighted by Gasteiger charge is 2.28. The zero-order chi connectivity index (χ0) is 7.84. The zero-order valence-corrected chi connectivity index (χ0v) is 7.14. The Hall–Kier alpha value is -0.300. The summed E-state index contributed by atoms with van der Waals surface area (Å²) in [5, 5.41) is 9.64. The molecule has 2 rings (SSSR count). The predicted octanol–water partition coefficient (Wildman–Crippen LogP) is 2.26. The van der Waals surface area contributed by atoms with Gasteiger partial charge in [0.2, 0.25) is 0 Å². The van der Waals surface area contributed by atoms with E-state index in [0.717, 1.165) is 12.3 Å². The minimum atomic E-state index is -0.0799. The maximum absolute atomic E-state index is 9.64. The van der Waals surface area contributed by atoms with Crippen LogP contribution in [0.2, 0.25) is 0 Å². The number of hydrogen-bond acceptors (Lipinski definition) is 1. The van der Waals surface area contributed by atoms with Crippen molar-refractivity contribution in [1.29, 1.82) is 0 Å². The Balaban J connectivity index is 2.27. The van der Waals surface area contributed by atoms with E-state index in [1.807, 2.05) is 0 Å². The molecule has 11 heavy (non-hydrogen) atoms. The van der Waals surface area contributed by atoms with E-state index in [1.54, 1.807) is 5.57 Å². The summed E-state index contributed by atoms with van der Waals surface area (Å²) < 4.78 is 0. The lowest BCUT2D eigenvalue weighted by Gasteiger charge is -2.25. The first-order valence-corrected chi connectivity index (χ1v) is 4.69. The van der Waals surface area contributed by atoms with Crippen LogP contribution in [-0.2, 0) is 0 Å². The van der Waals surface area contributed by atoms with Gasteiger partial charge in [-0.05, 0) is 43.6 Å². The normalized spacial score (nSPS) is 37.6. The molecule has 2 unspecified atom stereocenters. The van der Waals surface area contributed by atoms with Gasteiger partial charge in [-0.2, -0.15) is 0 Å². The van der Waals surface area contributed by atoms with Gasteiger partial charge in [-0.25, -0.2) is 0 Å². The van der Waals surface area contributed by atoms with Crippen molar-refractivity contribution < 1.29 is 5.11 Å². The molecule has 62 valence electrons. The topological polar surface area (TPSA) is 20.2 Å². The highest BCUT2D eigenvalue weighted by molar-refractivity contribution is 5.27. The molecule has 0 radical (unpaired) electrons. The minimum Gasteiger partial charge on any atom is -0.389 e. The summed E-state index contributed by atoms with van der Waals surface area (Å²) in [7, 11) is 0. The molecule has 0 aromatic heterocycles. The van der Waals surface area contributed by atoms with Crippen LogP contribution in [0.3, 0.4) is 0 Å². The van der Waals surface area contributed by atoms with Crippen molar-refractivity contribution in [3.63, 3.8) is 0 Å². The minimum absolute atomic E-state index is 0.0799. The van der Waals surface area contributed by atoms with Gasteiger partial charge in [-0.15, -0.1) is 0 Å². The Morgan fingerprint density at radius 3 is 2.64 bits per heavy atom. The molecule has 0 bridgehead atoms. The third-order valence-corrected chi connectivity index (χ3v) is 3.17. The fourth-order valence-electron chi connectivity index (χ4n) is 2.49. The molecule has 0 aromatic carbocycles. The van der Waals surface area contributed by atoms with E-state index in [2.05, 4.69) is 6.92 Å². The predicted molar refractivity (Wildman–Crippen MR) is 45.3 cm³/mol. The van der Waals surface area contributed by atoms with Gasteiger partial charge in [0, 0.05) is 0 Å². The fourth-order valence-corrected chi connectivity index (χ4v) is 2.49. The average molecular weight is 152 g/mol. The number of aliphatic hydroxyl groups excluding tert-OH is 1. The Morgan fingerprint density at radius 1 is 1.18 bits per heavy atom. The quantitative estimate of drug-likeness (QED) is 0.528. The van der Waals surface area contributed by atoms with Crippen molar-refractivity contribution >= 4 is 0 Å².